The average molecular weight is 316 g/mol. The van der Waals surface area contributed by atoms with Crippen molar-refractivity contribution in [1.82, 2.24) is 9.97 Å². The predicted molar refractivity (Wildman–Crippen MR) is 83.0 cm³/mol. The van der Waals surface area contributed by atoms with Crippen LogP contribution in [0.25, 0.3) is 10.9 Å². The maximum absolute atomic E-state index is 11.9. The third-order valence-electron chi connectivity index (χ3n) is 2.63. The van der Waals surface area contributed by atoms with E-state index in [0.29, 0.717) is 17.7 Å². The number of aromatic nitrogens is 2. The van der Waals surface area contributed by atoms with Crippen LogP contribution in [0.1, 0.15) is 11.4 Å². The minimum Gasteiger partial charge on any atom is -0.360 e. The first-order valence-electron chi connectivity index (χ1n) is 5.80. The van der Waals surface area contributed by atoms with Gasteiger partial charge in [0.2, 0.25) is 0 Å². The van der Waals surface area contributed by atoms with Crippen LogP contribution in [-0.2, 0) is 5.75 Å². The number of thioether (sulfide) groups is 1. The second-order valence-corrected chi connectivity index (χ2v) is 5.05. The number of fused-ring (bicyclic) bond motifs is 1. The van der Waals surface area contributed by atoms with Crippen molar-refractivity contribution in [1.29, 1.82) is 0 Å². The quantitative estimate of drug-likeness (QED) is 0.425. The Balaban J connectivity index is 0.00000180. The fourth-order valence-corrected chi connectivity index (χ4v) is 2.48. The number of nitrogens with zero attached hydrogens (tertiary/aromatic N) is 1. The summed E-state index contributed by atoms with van der Waals surface area (Å²) in [6, 6.07) is 5.64. The SMILES string of the molecule is Cc1cccc2c(=O)[nH]c(CSC[CH-]CN)nc12.[CH3-].[K+]. The van der Waals surface area contributed by atoms with Crippen molar-refractivity contribution in [2.45, 2.75) is 12.7 Å². The first-order valence-corrected chi connectivity index (χ1v) is 6.96. The van der Waals surface area contributed by atoms with Gasteiger partial charge >= 0.3 is 51.4 Å². The topological polar surface area (TPSA) is 71.8 Å². The molecule has 0 saturated heterocycles. The Morgan fingerprint density at radius 3 is 2.90 bits per heavy atom. The van der Waals surface area contributed by atoms with Gasteiger partial charge in [-0.25, -0.2) is 4.98 Å². The molecule has 1 aromatic carbocycles. The Hall–Kier alpha value is 0.306. The molecule has 0 aliphatic rings. The van der Waals surface area contributed by atoms with Crippen LogP contribution in [0.15, 0.2) is 23.0 Å². The number of H-pyrrole nitrogens is 1. The minimum atomic E-state index is -0.0675. The number of aryl methyl sites for hydroxylation is 1. The van der Waals surface area contributed by atoms with Crippen LogP contribution in [0.4, 0.5) is 0 Å². The van der Waals surface area contributed by atoms with Gasteiger partial charge in [0.15, 0.2) is 0 Å². The summed E-state index contributed by atoms with van der Waals surface area (Å²) in [6.07, 6.45) is 2.00. The molecule has 3 N–H and O–H groups in total. The summed E-state index contributed by atoms with van der Waals surface area (Å²) in [4.78, 5) is 19.2. The summed E-state index contributed by atoms with van der Waals surface area (Å²) in [5.74, 6) is 2.28. The van der Waals surface area contributed by atoms with Gasteiger partial charge in [-0.15, -0.1) is 12.3 Å². The Bertz CT molecular complexity index is 600. The molecule has 0 spiro atoms. The molecule has 6 heteroatoms. The number of hydrogen-bond acceptors (Lipinski definition) is 4. The number of nitrogens with one attached hydrogen (secondary N) is 1. The fourth-order valence-electron chi connectivity index (χ4n) is 1.73. The van der Waals surface area contributed by atoms with Crippen LogP contribution in [0, 0.1) is 20.8 Å². The first kappa shape index (κ1) is 20.3. The van der Waals surface area contributed by atoms with Gasteiger partial charge in [0.25, 0.3) is 5.56 Å². The zero-order valence-electron chi connectivity index (χ0n) is 12.3. The summed E-state index contributed by atoms with van der Waals surface area (Å²) in [6.45, 7) is 2.54. The fraction of sp³-hybridized carbons (Fsp3) is 0.286. The van der Waals surface area contributed by atoms with Gasteiger partial charge in [0.1, 0.15) is 5.82 Å². The van der Waals surface area contributed by atoms with Crippen LogP contribution >= 0.6 is 11.8 Å². The van der Waals surface area contributed by atoms with E-state index in [9.17, 15) is 4.79 Å². The normalized spacial score (nSPS) is 9.90. The van der Waals surface area contributed by atoms with Crippen molar-refractivity contribution in [2.24, 2.45) is 5.73 Å². The van der Waals surface area contributed by atoms with Crippen molar-refractivity contribution in [3.8, 4) is 0 Å². The Morgan fingerprint density at radius 1 is 1.45 bits per heavy atom. The molecule has 20 heavy (non-hydrogen) atoms. The Labute approximate surface area is 166 Å². The van der Waals surface area contributed by atoms with Crippen molar-refractivity contribution in [3.05, 3.63) is 53.8 Å². The molecule has 0 bridgehead atoms. The monoisotopic (exact) mass is 316 g/mol. The third-order valence-corrected chi connectivity index (χ3v) is 3.58. The molecule has 0 aliphatic carbocycles. The molecule has 0 aliphatic heterocycles. The van der Waals surface area contributed by atoms with E-state index in [1.54, 1.807) is 17.8 Å². The second kappa shape index (κ2) is 10.1. The smallest absolute Gasteiger partial charge is 0.360 e. The van der Waals surface area contributed by atoms with Gasteiger partial charge in [-0.3, -0.25) is 4.79 Å². The summed E-state index contributed by atoms with van der Waals surface area (Å²) >= 11 is 1.69. The van der Waals surface area contributed by atoms with E-state index < -0.39 is 0 Å². The molecule has 0 saturated carbocycles. The molecular formula is C14H19KN3OS-. The van der Waals surface area contributed by atoms with E-state index in [2.05, 4.69) is 9.97 Å². The van der Waals surface area contributed by atoms with E-state index in [1.165, 1.54) is 0 Å². The molecule has 0 fully saturated rings. The van der Waals surface area contributed by atoms with Gasteiger partial charge < -0.3 is 24.6 Å². The molecule has 4 nitrogen and oxygen atoms in total. The number of nitrogens with two attached hydrogens (primary N) is 1. The number of benzene rings is 1. The van der Waals surface area contributed by atoms with E-state index in [1.807, 2.05) is 25.5 Å². The van der Waals surface area contributed by atoms with Crippen molar-refractivity contribution < 1.29 is 51.4 Å². The number of hydrogen-bond donors (Lipinski definition) is 2. The van der Waals surface area contributed by atoms with Crippen LogP contribution in [0.3, 0.4) is 0 Å². The summed E-state index contributed by atoms with van der Waals surface area (Å²) in [5, 5.41) is 0.650. The molecule has 0 amide bonds. The molecular weight excluding hydrogens is 297 g/mol. The zero-order chi connectivity index (χ0) is 13.0. The maximum Gasteiger partial charge on any atom is 1.00 e. The second-order valence-electron chi connectivity index (χ2n) is 4.02. The Kier molecular flexibility index (Phi) is 10.3. The molecule has 2 rings (SSSR count). The summed E-state index contributed by atoms with van der Waals surface area (Å²) in [7, 11) is 0. The molecule has 0 unspecified atom stereocenters. The van der Waals surface area contributed by atoms with Crippen LogP contribution in [0.5, 0.6) is 0 Å². The molecule has 1 heterocycles. The predicted octanol–water partition coefficient (Wildman–Crippen LogP) is -0.918. The third kappa shape index (κ3) is 5.25. The average Bonchev–Trinajstić information content (AvgIpc) is 2.36. The number of para-hydroxylation sites is 1. The van der Waals surface area contributed by atoms with Crippen molar-refractivity contribution >= 4 is 22.7 Å². The van der Waals surface area contributed by atoms with E-state index in [-0.39, 0.29) is 64.4 Å². The molecule has 104 valence electrons. The molecule has 1 aromatic heterocycles. The van der Waals surface area contributed by atoms with Crippen molar-refractivity contribution in [3.63, 3.8) is 0 Å². The Morgan fingerprint density at radius 2 is 2.20 bits per heavy atom. The summed E-state index contributed by atoms with van der Waals surface area (Å²) in [5.41, 5.74) is 7.13. The van der Waals surface area contributed by atoms with Gasteiger partial charge in [0.05, 0.1) is 10.9 Å². The first-order chi connectivity index (χ1) is 8.72. The largest absolute Gasteiger partial charge is 1.00 e. The number of rotatable bonds is 5. The molecule has 2 aromatic rings. The maximum atomic E-state index is 11.9. The van der Waals surface area contributed by atoms with Gasteiger partial charge in [-0.05, 0) is 18.6 Å². The van der Waals surface area contributed by atoms with Gasteiger partial charge in [0, 0.05) is 5.75 Å². The molecule has 0 radical (unpaired) electrons. The van der Waals surface area contributed by atoms with Crippen molar-refractivity contribution in [2.75, 3.05) is 12.3 Å². The van der Waals surface area contributed by atoms with E-state index >= 15 is 0 Å². The van der Waals surface area contributed by atoms with Gasteiger partial charge in [-0.2, -0.15) is 11.8 Å². The van der Waals surface area contributed by atoms with E-state index in [4.69, 9.17) is 5.73 Å². The molecule has 0 atom stereocenters. The van der Waals surface area contributed by atoms with E-state index in [0.717, 1.165) is 22.7 Å². The number of aromatic amines is 1. The summed E-state index contributed by atoms with van der Waals surface area (Å²) < 4.78 is 0. The van der Waals surface area contributed by atoms with Crippen LogP contribution in [0.2, 0.25) is 0 Å². The van der Waals surface area contributed by atoms with Crippen LogP contribution < -0.4 is 62.7 Å². The standard InChI is InChI=1S/C13H16N3OS.CH3.K/c1-9-4-2-5-10-12(9)15-11(16-13(10)17)8-18-7-3-6-14;;/h2-5H,6-8,14H2,1H3,(H,15,16,17);1H3;/q2*-1;+1. The zero-order valence-corrected chi connectivity index (χ0v) is 16.2. The minimum absolute atomic E-state index is 0. The van der Waals surface area contributed by atoms with Gasteiger partial charge in [-0.1, -0.05) is 12.1 Å². The van der Waals surface area contributed by atoms with Crippen LogP contribution in [-0.4, -0.2) is 22.3 Å².